The molecule has 0 saturated heterocycles. The van der Waals surface area contributed by atoms with Crippen molar-refractivity contribution in [3.05, 3.63) is 138 Å². The molecule has 5 rings (SSSR count). The number of ether oxygens (including phenoxy) is 2. The summed E-state index contributed by atoms with van der Waals surface area (Å²) in [5.41, 5.74) is 21.6. The summed E-state index contributed by atoms with van der Waals surface area (Å²) < 4.78 is 11.4. The molecule has 0 unspecified atom stereocenters. The highest BCUT2D eigenvalue weighted by molar-refractivity contribution is 5.82. The maximum Gasteiger partial charge on any atom is 0.341 e. The van der Waals surface area contributed by atoms with E-state index in [9.17, 15) is 4.79 Å². The summed E-state index contributed by atoms with van der Waals surface area (Å²) in [6, 6.07) is 37.9. The standard InChI is InChI=1S/C36H32N2O4/c1-24-22-33(18-19-35(24)42-23-36(39)40)41-21-20-34(29-6-2-25(3-7-29)27-10-14-31(37)15-11-27)30-8-4-26(5-9-30)28-12-16-32(38)17-13-28/h2-20,22H,21,23,37-38H2,1H3,(H,39,40). The van der Waals surface area contributed by atoms with Crippen molar-refractivity contribution in [1.29, 1.82) is 0 Å². The number of carboxylic acids is 1. The van der Waals surface area contributed by atoms with Crippen LogP contribution in [0.3, 0.4) is 0 Å². The summed E-state index contributed by atoms with van der Waals surface area (Å²) >= 11 is 0. The fraction of sp³-hybridized carbons (Fsp3) is 0.0833. The Hall–Kier alpha value is -5.49. The van der Waals surface area contributed by atoms with Crippen molar-refractivity contribution in [3.63, 3.8) is 0 Å². The number of carboxylic acid groups (broad SMARTS) is 1. The zero-order valence-corrected chi connectivity index (χ0v) is 23.3. The van der Waals surface area contributed by atoms with E-state index in [0.29, 0.717) is 18.1 Å². The molecular weight excluding hydrogens is 524 g/mol. The zero-order chi connectivity index (χ0) is 29.5. The maximum atomic E-state index is 10.8. The van der Waals surface area contributed by atoms with Gasteiger partial charge >= 0.3 is 5.97 Å². The van der Waals surface area contributed by atoms with Gasteiger partial charge in [-0.2, -0.15) is 0 Å². The van der Waals surface area contributed by atoms with Crippen LogP contribution >= 0.6 is 0 Å². The molecule has 5 N–H and O–H groups in total. The van der Waals surface area contributed by atoms with Gasteiger partial charge in [-0.05, 0) is 100.0 Å². The lowest BCUT2D eigenvalue weighted by atomic mass is 9.94. The topological polar surface area (TPSA) is 108 Å². The molecule has 0 aliphatic heterocycles. The van der Waals surface area contributed by atoms with Crippen molar-refractivity contribution in [2.75, 3.05) is 24.7 Å². The predicted molar refractivity (Wildman–Crippen MR) is 169 cm³/mol. The van der Waals surface area contributed by atoms with E-state index in [1.165, 1.54) is 0 Å². The van der Waals surface area contributed by atoms with Gasteiger partial charge < -0.3 is 26.0 Å². The summed E-state index contributed by atoms with van der Waals surface area (Å²) in [7, 11) is 0. The van der Waals surface area contributed by atoms with Crippen molar-refractivity contribution in [1.82, 2.24) is 0 Å². The molecule has 0 fully saturated rings. The van der Waals surface area contributed by atoms with Gasteiger partial charge in [0.25, 0.3) is 0 Å². The fourth-order valence-corrected chi connectivity index (χ4v) is 4.67. The van der Waals surface area contributed by atoms with E-state index >= 15 is 0 Å². The Morgan fingerprint density at radius 3 is 1.55 bits per heavy atom. The fourth-order valence-electron chi connectivity index (χ4n) is 4.67. The number of nitrogens with two attached hydrogens (primary N) is 2. The highest BCUT2D eigenvalue weighted by Gasteiger charge is 2.09. The predicted octanol–water partition coefficient (Wildman–Crippen LogP) is 7.47. The van der Waals surface area contributed by atoms with E-state index in [2.05, 4.69) is 54.6 Å². The van der Waals surface area contributed by atoms with Crippen LogP contribution in [0.5, 0.6) is 11.5 Å². The second-order valence-electron chi connectivity index (χ2n) is 9.94. The number of benzene rings is 5. The minimum Gasteiger partial charge on any atom is -0.489 e. The van der Waals surface area contributed by atoms with Gasteiger partial charge in [0, 0.05) is 11.4 Å². The van der Waals surface area contributed by atoms with E-state index in [1.54, 1.807) is 12.1 Å². The van der Waals surface area contributed by atoms with Gasteiger partial charge in [0.15, 0.2) is 6.61 Å². The van der Waals surface area contributed by atoms with Crippen LogP contribution in [-0.4, -0.2) is 24.3 Å². The molecule has 0 atom stereocenters. The molecule has 0 aliphatic rings. The Labute approximate surface area is 245 Å². The van der Waals surface area contributed by atoms with Gasteiger partial charge in [0.05, 0.1) is 0 Å². The van der Waals surface area contributed by atoms with E-state index in [1.807, 2.05) is 61.5 Å². The number of nitrogen functional groups attached to an aromatic ring is 2. The summed E-state index contributed by atoms with van der Waals surface area (Å²) in [5.74, 6) is 0.168. The molecule has 0 heterocycles. The zero-order valence-electron chi connectivity index (χ0n) is 23.3. The molecule has 0 spiro atoms. The number of aliphatic carboxylic acids is 1. The van der Waals surface area contributed by atoms with E-state index < -0.39 is 5.97 Å². The van der Waals surface area contributed by atoms with Crippen molar-refractivity contribution in [2.24, 2.45) is 0 Å². The molecule has 6 heteroatoms. The molecule has 6 nitrogen and oxygen atoms in total. The first-order valence-corrected chi connectivity index (χ1v) is 13.6. The molecule has 5 aromatic carbocycles. The maximum absolute atomic E-state index is 10.8. The molecule has 0 bridgehead atoms. The average molecular weight is 557 g/mol. The highest BCUT2D eigenvalue weighted by atomic mass is 16.5. The minimum atomic E-state index is -1.02. The van der Waals surface area contributed by atoms with Gasteiger partial charge in [0.2, 0.25) is 0 Å². The van der Waals surface area contributed by atoms with Crippen LogP contribution in [0.25, 0.3) is 27.8 Å². The van der Waals surface area contributed by atoms with Crippen molar-refractivity contribution in [3.8, 4) is 33.8 Å². The third kappa shape index (κ3) is 6.98. The third-order valence-corrected chi connectivity index (χ3v) is 6.91. The second kappa shape index (κ2) is 12.8. The quantitative estimate of drug-likeness (QED) is 0.154. The molecule has 5 aromatic rings. The lowest BCUT2D eigenvalue weighted by Crippen LogP contribution is -2.10. The van der Waals surface area contributed by atoms with Crippen molar-refractivity contribution in [2.45, 2.75) is 6.92 Å². The minimum absolute atomic E-state index is 0.337. The number of rotatable bonds is 10. The Bertz CT molecular complexity index is 1600. The third-order valence-electron chi connectivity index (χ3n) is 6.91. The number of carbonyl (C=O) groups is 1. The van der Waals surface area contributed by atoms with Crippen LogP contribution in [0.4, 0.5) is 11.4 Å². The second-order valence-corrected chi connectivity index (χ2v) is 9.94. The smallest absolute Gasteiger partial charge is 0.341 e. The molecular formula is C36H32N2O4. The monoisotopic (exact) mass is 556 g/mol. The molecule has 0 aliphatic carbocycles. The van der Waals surface area contributed by atoms with Crippen LogP contribution in [0.15, 0.2) is 121 Å². The Morgan fingerprint density at radius 1 is 0.667 bits per heavy atom. The Morgan fingerprint density at radius 2 is 1.12 bits per heavy atom. The van der Waals surface area contributed by atoms with Gasteiger partial charge in [-0.15, -0.1) is 0 Å². The molecule has 42 heavy (non-hydrogen) atoms. The number of hydrogen-bond donors (Lipinski definition) is 3. The normalized spacial score (nSPS) is 10.6. The van der Waals surface area contributed by atoms with Crippen LogP contribution in [0, 0.1) is 6.92 Å². The Kier molecular flexibility index (Phi) is 8.54. The summed E-state index contributed by atoms with van der Waals surface area (Å²) in [6.07, 6.45) is 2.07. The molecule has 0 radical (unpaired) electrons. The van der Waals surface area contributed by atoms with E-state index in [-0.39, 0.29) is 6.61 Å². The Balaban J connectivity index is 1.40. The number of hydrogen-bond acceptors (Lipinski definition) is 5. The SMILES string of the molecule is Cc1cc(OCC=C(c2ccc(-c3ccc(N)cc3)cc2)c2ccc(-c3ccc(N)cc3)cc2)ccc1OCC(=O)O. The number of aryl methyl sites for hydroxylation is 1. The van der Waals surface area contributed by atoms with Crippen molar-refractivity contribution < 1.29 is 19.4 Å². The molecule has 0 saturated carbocycles. The van der Waals surface area contributed by atoms with Crippen LogP contribution < -0.4 is 20.9 Å². The average Bonchev–Trinajstić information content (AvgIpc) is 3.00. The van der Waals surface area contributed by atoms with Gasteiger partial charge in [-0.3, -0.25) is 0 Å². The number of anilines is 2. The molecule has 0 amide bonds. The van der Waals surface area contributed by atoms with Crippen LogP contribution in [0.1, 0.15) is 16.7 Å². The first kappa shape index (κ1) is 28.1. The van der Waals surface area contributed by atoms with E-state index in [0.717, 1.165) is 55.9 Å². The lowest BCUT2D eigenvalue weighted by Gasteiger charge is -2.13. The van der Waals surface area contributed by atoms with Crippen LogP contribution in [0.2, 0.25) is 0 Å². The van der Waals surface area contributed by atoms with Crippen LogP contribution in [-0.2, 0) is 4.79 Å². The summed E-state index contributed by atoms with van der Waals surface area (Å²) in [4.78, 5) is 10.8. The van der Waals surface area contributed by atoms with Crippen molar-refractivity contribution >= 4 is 22.9 Å². The largest absolute Gasteiger partial charge is 0.489 e. The van der Waals surface area contributed by atoms with E-state index in [4.69, 9.17) is 26.0 Å². The van der Waals surface area contributed by atoms with Gasteiger partial charge in [-0.25, -0.2) is 4.79 Å². The molecule has 210 valence electrons. The van der Waals surface area contributed by atoms with Gasteiger partial charge in [0.1, 0.15) is 18.1 Å². The highest BCUT2D eigenvalue weighted by Crippen LogP contribution is 2.30. The lowest BCUT2D eigenvalue weighted by molar-refractivity contribution is -0.139. The first-order valence-electron chi connectivity index (χ1n) is 13.6. The summed E-state index contributed by atoms with van der Waals surface area (Å²) in [6.45, 7) is 1.81. The summed E-state index contributed by atoms with van der Waals surface area (Å²) in [5, 5.41) is 8.88. The molecule has 0 aromatic heterocycles. The first-order chi connectivity index (χ1) is 20.4. The van der Waals surface area contributed by atoms with Gasteiger partial charge in [-0.1, -0.05) is 72.8 Å².